The van der Waals surface area contributed by atoms with Crippen LogP contribution < -0.4 is 10.2 Å². The number of aryl methyl sites for hydroxylation is 1. The molecule has 2 rings (SSSR count). The highest BCUT2D eigenvalue weighted by Crippen LogP contribution is 2.24. The van der Waals surface area contributed by atoms with Crippen molar-refractivity contribution >= 4 is 5.69 Å². The first-order chi connectivity index (χ1) is 9.13. The molecule has 0 aliphatic rings. The molecule has 0 bridgehead atoms. The minimum atomic E-state index is 0.961. The number of benzene rings is 1. The molecule has 0 atom stereocenters. The van der Waals surface area contributed by atoms with E-state index in [9.17, 15) is 0 Å². The molecule has 0 aliphatic heterocycles. The maximum absolute atomic E-state index is 4.53. The maximum atomic E-state index is 4.53. The minimum absolute atomic E-state index is 0.961. The molecule has 0 fully saturated rings. The smallest absolute Gasteiger partial charge is 0.0953 e. The predicted molar refractivity (Wildman–Crippen MR) is 80.6 cm³/mol. The zero-order chi connectivity index (χ0) is 13.8. The van der Waals surface area contributed by atoms with Gasteiger partial charge in [-0.25, -0.2) is 4.98 Å². The molecule has 0 amide bonds. The largest absolute Gasteiger partial charge is 0.378 e. The Balaban J connectivity index is 2.30. The van der Waals surface area contributed by atoms with Crippen molar-refractivity contribution in [2.75, 3.05) is 32.6 Å². The number of aromatic nitrogens is 2. The Labute approximate surface area is 115 Å². The van der Waals surface area contributed by atoms with E-state index in [0.29, 0.717) is 0 Å². The molecule has 0 unspecified atom stereocenters. The molecule has 19 heavy (non-hydrogen) atoms. The Morgan fingerprint density at radius 3 is 2.47 bits per heavy atom. The molecule has 2 aromatic rings. The van der Waals surface area contributed by atoms with Crippen LogP contribution in [0.25, 0.3) is 11.3 Å². The molecular weight excluding hydrogens is 236 g/mol. The lowest BCUT2D eigenvalue weighted by Crippen LogP contribution is -2.12. The van der Waals surface area contributed by atoms with Gasteiger partial charge in [-0.05, 0) is 19.2 Å². The van der Waals surface area contributed by atoms with Crippen LogP contribution in [0.2, 0.25) is 0 Å². The van der Waals surface area contributed by atoms with Gasteiger partial charge >= 0.3 is 0 Å². The van der Waals surface area contributed by atoms with Crippen molar-refractivity contribution in [1.29, 1.82) is 0 Å². The van der Waals surface area contributed by atoms with Gasteiger partial charge in [0.15, 0.2) is 0 Å². The fourth-order valence-corrected chi connectivity index (χ4v) is 2.15. The molecule has 0 radical (unpaired) electrons. The maximum Gasteiger partial charge on any atom is 0.0953 e. The molecule has 4 heteroatoms. The third kappa shape index (κ3) is 2.96. The monoisotopic (exact) mass is 258 g/mol. The first-order valence-electron chi connectivity index (χ1n) is 6.56. The summed E-state index contributed by atoms with van der Waals surface area (Å²) < 4.78 is 2.10. The number of hydrogen-bond donors (Lipinski definition) is 1. The summed E-state index contributed by atoms with van der Waals surface area (Å²) in [5.74, 6) is 0. The Bertz CT molecular complexity index is 526. The SMILES string of the molecule is CNCCc1c(-c2ccc(N(C)C)cc2)ncn1C. The van der Waals surface area contributed by atoms with Gasteiger partial charge in [-0.2, -0.15) is 0 Å². The number of nitrogens with one attached hydrogen (secondary N) is 1. The minimum Gasteiger partial charge on any atom is -0.378 e. The van der Waals surface area contributed by atoms with Crippen molar-refractivity contribution in [3.63, 3.8) is 0 Å². The molecule has 1 heterocycles. The second kappa shape index (κ2) is 5.89. The van der Waals surface area contributed by atoms with E-state index in [4.69, 9.17) is 0 Å². The van der Waals surface area contributed by atoms with Gasteiger partial charge in [0.05, 0.1) is 12.0 Å². The van der Waals surface area contributed by atoms with Crippen molar-refractivity contribution in [2.45, 2.75) is 6.42 Å². The van der Waals surface area contributed by atoms with Gasteiger partial charge < -0.3 is 14.8 Å². The summed E-state index contributed by atoms with van der Waals surface area (Å²) in [6, 6.07) is 8.54. The van der Waals surface area contributed by atoms with E-state index < -0.39 is 0 Å². The summed E-state index contributed by atoms with van der Waals surface area (Å²) in [7, 11) is 8.12. The number of imidazole rings is 1. The summed E-state index contributed by atoms with van der Waals surface area (Å²) in [4.78, 5) is 6.64. The average molecular weight is 258 g/mol. The Morgan fingerprint density at radius 1 is 1.21 bits per heavy atom. The van der Waals surface area contributed by atoms with Gasteiger partial charge in [0, 0.05) is 51.1 Å². The van der Waals surface area contributed by atoms with Crippen molar-refractivity contribution in [3.05, 3.63) is 36.3 Å². The molecular formula is C15H22N4. The number of likely N-dealkylation sites (N-methyl/N-ethyl adjacent to an activating group) is 1. The Hall–Kier alpha value is -1.81. The highest BCUT2D eigenvalue weighted by atomic mass is 15.1. The third-order valence-corrected chi connectivity index (χ3v) is 3.33. The van der Waals surface area contributed by atoms with Crippen molar-refractivity contribution in [2.24, 2.45) is 7.05 Å². The molecule has 1 N–H and O–H groups in total. The van der Waals surface area contributed by atoms with Crippen molar-refractivity contribution in [3.8, 4) is 11.3 Å². The molecule has 1 aromatic carbocycles. The molecule has 0 aliphatic carbocycles. The Kier molecular flexibility index (Phi) is 4.22. The van der Waals surface area contributed by atoms with Crippen LogP contribution in [0, 0.1) is 0 Å². The molecule has 4 nitrogen and oxygen atoms in total. The van der Waals surface area contributed by atoms with E-state index in [1.54, 1.807) is 0 Å². The molecule has 102 valence electrons. The van der Waals surface area contributed by atoms with E-state index >= 15 is 0 Å². The van der Waals surface area contributed by atoms with Crippen LogP contribution in [0.4, 0.5) is 5.69 Å². The third-order valence-electron chi connectivity index (χ3n) is 3.33. The van der Waals surface area contributed by atoms with Crippen LogP contribution >= 0.6 is 0 Å². The van der Waals surface area contributed by atoms with Crippen molar-refractivity contribution < 1.29 is 0 Å². The first kappa shape index (κ1) is 13.6. The standard InChI is InChI=1S/C15H22N4/c1-16-10-9-14-15(17-11-19(14)4)12-5-7-13(8-6-12)18(2)3/h5-8,11,16H,9-10H2,1-4H3. The summed E-state index contributed by atoms with van der Waals surface area (Å²) >= 11 is 0. The quantitative estimate of drug-likeness (QED) is 0.889. The Morgan fingerprint density at radius 2 is 1.89 bits per heavy atom. The van der Waals surface area contributed by atoms with Gasteiger partial charge in [-0.1, -0.05) is 12.1 Å². The summed E-state index contributed by atoms with van der Waals surface area (Å²) in [5.41, 5.74) is 4.74. The highest BCUT2D eigenvalue weighted by Gasteiger charge is 2.10. The fourth-order valence-electron chi connectivity index (χ4n) is 2.15. The van der Waals surface area contributed by atoms with Crippen LogP contribution in [0.1, 0.15) is 5.69 Å². The lowest BCUT2D eigenvalue weighted by molar-refractivity contribution is 0.738. The second-order valence-corrected chi connectivity index (χ2v) is 4.95. The zero-order valence-electron chi connectivity index (χ0n) is 12.1. The van der Waals surface area contributed by atoms with E-state index in [2.05, 4.69) is 51.1 Å². The number of anilines is 1. The normalized spacial score (nSPS) is 10.7. The molecule has 0 spiro atoms. The highest BCUT2D eigenvalue weighted by molar-refractivity contribution is 5.65. The van der Waals surface area contributed by atoms with Crippen molar-refractivity contribution in [1.82, 2.24) is 14.9 Å². The summed E-state index contributed by atoms with van der Waals surface area (Å²) in [6.45, 7) is 0.961. The van der Waals surface area contributed by atoms with Crippen LogP contribution in [-0.4, -0.2) is 37.2 Å². The van der Waals surface area contributed by atoms with Crippen LogP contribution in [0.5, 0.6) is 0 Å². The van der Waals surface area contributed by atoms with Crippen LogP contribution in [0.3, 0.4) is 0 Å². The van der Waals surface area contributed by atoms with E-state index in [1.807, 2.05) is 27.5 Å². The van der Waals surface area contributed by atoms with Crippen LogP contribution in [-0.2, 0) is 13.5 Å². The fraction of sp³-hybridized carbons (Fsp3) is 0.400. The number of rotatable bonds is 5. The summed E-state index contributed by atoms with van der Waals surface area (Å²) in [5, 5.41) is 3.19. The molecule has 0 saturated carbocycles. The van der Waals surface area contributed by atoms with Gasteiger partial charge in [0.25, 0.3) is 0 Å². The lowest BCUT2D eigenvalue weighted by atomic mass is 10.1. The lowest BCUT2D eigenvalue weighted by Gasteiger charge is -2.12. The van der Waals surface area contributed by atoms with Gasteiger partial charge in [-0.15, -0.1) is 0 Å². The van der Waals surface area contributed by atoms with Gasteiger partial charge in [0.2, 0.25) is 0 Å². The molecule has 0 saturated heterocycles. The zero-order valence-corrected chi connectivity index (χ0v) is 12.1. The summed E-state index contributed by atoms with van der Waals surface area (Å²) in [6.07, 6.45) is 2.87. The first-order valence-corrected chi connectivity index (χ1v) is 6.56. The van der Waals surface area contributed by atoms with Gasteiger partial charge in [-0.3, -0.25) is 0 Å². The van der Waals surface area contributed by atoms with Gasteiger partial charge in [0.1, 0.15) is 0 Å². The molecule has 1 aromatic heterocycles. The topological polar surface area (TPSA) is 33.1 Å². The predicted octanol–water partition coefficient (Wildman–Crippen LogP) is 1.92. The second-order valence-electron chi connectivity index (χ2n) is 4.95. The van der Waals surface area contributed by atoms with Crippen LogP contribution in [0.15, 0.2) is 30.6 Å². The van der Waals surface area contributed by atoms with E-state index in [1.165, 1.54) is 16.9 Å². The van der Waals surface area contributed by atoms with E-state index in [0.717, 1.165) is 18.7 Å². The number of nitrogens with zero attached hydrogens (tertiary/aromatic N) is 3. The average Bonchev–Trinajstić information content (AvgIpc) is 2.78. The number of hydrogen-bond acceptors (Lipinski definition) is 3. The van der Waals surface area contributed by atoms with E-state index in [-0.39, 0.29) is 0 Å².